The van der Waals surface area contributed by atoms with Crippen LogP contribution in [0.5, 0.6) is 11.5 Å². The van der Waals surface area contributed by atoms with Gasteiger partial charge in [-0.15, -0.1) is 15.0 Å². The Bertz CT molecular complexity index is 770. The molecule has 0 amide bonds. The number of hydrogen-bond acceptors (Lipinski definition) is 5. The number of ether oxygens (including phenoxy) is 1. The second-order valence-corrected chi connectivity index (χ2v) is 4.79. The third-order valence-electron chi connectivity index (χ3n) is 3.30. The topological polar surface area (TPSA) is 80.4 Å². The fraction of sp³-hybridized carbons (Fsp3) is 0.200. The third kappa shape index (κ3) is 2.30. The number of fused-ring (bicyclic) bond motifs is 1. The van der Waals surface area contributed by atoms with E-state index in [0.29, 0.717) is 28.0 Å². The van der Waals surface area contributed by atoms with Gasteiger partial charge >= 0.3 is 0 Å². The molecule has 3 rings (SSSR count). The molecule has 0 spiro atoms. The molecule has 1 aromatic heterocycles. The quantitative estimate of drug-likeness (QED) is 0.768. The summed E-state index contributed by atoms with van der Waals surface area (Å²) in [6, 6.07) is 8.67. The van der Waals surface area contributed by atoms with Crippen molar-refractivity contribution in [2.75, 3.05) is 7.11 Å². The van der Waals surface area contributed by atoms with Crippen LogP contribution < -0.4 is 4.74 Å². The Hall–Kier alpha value is -2.60. The van der Waals surface area contributed by atoms with E-state index < -0.39 is 0 Å². The summed E-state index contributed by atoms with van der Waals surface area (Å²) in [5.41, 5.74) is 3.41. The van der Waals surface area contributed by atoms with Gasteiger partial charge in [0.05, 0.1) is 13.7 Å². The van der Waals surface area contributed by atoms with E-state index in [1.54, 1.807) is 24.3 Å². The van der Waals surface area contributed by atoms with Crippen LogP contribution in [0, 0.1) is 6.92 Å². The number of aromatic nitrogens is 3. The summed E-state index contributed by atoms with van der Waals surface area (Å²) < 4.78 is 5.22. The molecular formula is C15H15N3O3. The molecule has 108 valence electrons. The minimum Gasteiger partial charge on any atom is -0.506 e. The second-order valence-electron chi connectivity index (χ2n) is 4.79. The molecule has 3 aromatic rings. The van der Waals surface area contributed by atoms with Crippen molar-refractivity contribution < 1.29 is 14.9 Å². The zero-order chi connectivity index (χ0) is 15.0. The number of rotatable bonds is 3. The van der Waals surface area contributed by atoms with E-state index in [0.717, 1.165) is 5.56 Å². The molecule has 0 bridgehead atoms. The molecule has 2 N–H and O–H groups in total. The SMILES string of the molecule is COc1cc2nn(-c3cc(C)ccc3O)nc2cc1CO. The zero-order valence-electron chi connectivity index (χ0n) is 11.7. The molecule has 0 fully saturated rings. The molecule has 0 radical (unpaired) electrons. The van der Waals surface area contributed by atoms with Crippen LogP contribution >= 0.6 is 0 Å². The Morgan fingerprint density at radius 1 is 1.14 bits per heavy atom. The fourth-order valence-corrected chi connectivity index (χ4v) is 2.20. The first-order valence-corrected chi connectivity index (χ1v) is 6.47. The van der Waals surface area contributed by atoms with Gasteiger partial charge in [0.15, 0.2) is 0 Å². The molecule has 0 aliphatic rings. The lowest BCUT2D eigenvalue weighted by Gasteiger charge is -2.04. The molecule has 0 saturated heterocycles. The molecule has 0 aliphatic heterocycles. The number of nitrogens with zero attached hydrogens (tertiary/aromatic N) is 3. The molecule has 0 atom stereocenters. The number of hydrogen-bond donors (Lipinski definition) is 2. The Kier molecular flexibility index (Phi) is 3.23. The smallest absolute Gasteiger partial charge is 0.143 e. The van der Waals surface area contributed by atoms with E-state index in [1.807, 2.05) is 13.0 Å². The molecule has 6 heteroatoms. The lowest BCUT2D eigenvalue weighted by Crippen LogP contribution is -1.99. The first-order valence-electron chi connectivity index (χ1n) is 6.47. The van der Waals surface area contributed by atoms with Crippen molar-refractivity contribution in [3.8, 4) is 17.2 Å². The molecule has 0 unspecified atom stereocenters. The van der Waals surface area contributed by atoms with Gasteiger partial charge in [-0.3, -0.25) is 0 Å². The van der Waals surface area contributed by atoms with Gasteiger partial charge in [0.25, 0.3) is 0 Å². The van der Waals surface area contributed by atoms with Crippen molar-refractivity contribution in [3.63, 3.8) is 0 Å². The average Bonchev–Trinajstić information content (AvgIpc) is 2.90. The van der Waals surface area contributed by atoms with Crippen molar-refractivity contribution in [2.45, 2.75) is 13.5 Å². The lowest BCUT2D eigenvalue weighted by molar-refractivity contribution is 0.274. The number of benzene rings is 2. The normalized spacial score (nSPS) is 11.0. The average molecular weight is 285 g/mol. The minimum atomic E-state index is -0.137. The highest BCUT2D eigenvalue weighted by atomic mass is 16.5. The monoisotopic (exact) mass is 285 g/mol. The van der Waals surface area contributed by atoms with E-state index in [1.165, 1.54) is 11.9 Å². The zero-order valence-corrected chi connectivity index (χ0v) is 11.7. The van der Waals surface area contributed by atoms with E-state index >= 15 is 0 Å². The van der Waals surface area contributed by atoms with Crippen molar-refractivity contribution in [3.05, 3.63) is 41.5 Å². The summed E-state index contributed by atoms with van der Waals surface area (Å²) in [5, 5.41) is 28.0. The standard InChI is InChI=1S/C15H15N3O3/c1-9-3-4-14(20)13(5-9)18-16-11-6-10(8-19)15(21-2)7-12(11)17-18/h3-7,19-20H,8H2,1-2H3. The first kappa shape index (κ1) is 13.4. The number of aliphatic hydroxyl groups is 1. The van der Waals surface area contributed by atoms with Crippen LogP contribution in [0.4, 0.5) is 0 Å². The maximum atomic E-state index is 9.95. The van der Waals surface area contributed by atoms with Crippen LogP contribution in [0.15, 0.2) is 30.3 Å². The summed E-state index contributed by atoms with van der Waals surface area (Å²) in [5.74, 6) is 0.667. The van der Waals surface area contributed by atoms with Crippen molar-refractivity contribution in [2.24, 2.45) is 0 Å². The van der Waals surface area contributed by atoms with Crippen molar-refractivity contribution in [1.82, 2.24) is 15.0 Å². The lowest BCUT2D eigenvalue weighted by atomic mass is 10.2. The fourth-order valence-electron chi connectivity index (χ4n) is 2.20. The molecule has 0 saturated carbocycles. The number of methoxy groups -OCH3 is 1. The summed E-state index contributed by atoms with van der Waals surface area (Å²) in [6.07, 6.45) is 0. The van der Waals surface area contributed by atoms with Crippen LogP contribution in [0.1, 0.15) is 11.1 Å². The van der Waals surface area contributed by atoms with E-state index in [4.69, 9.17) is 4.74 Å². The van der Waals surface area contributed by atoms with Crippen LogP contribution in [-0.4, -0.2) is 32.3 Å². The van der Waals surface area contributed by atoms with Crippen LogP contribution in [0.2, 0.25) is 0 Å². The van der Waals surface area contributed by atoms with Gasteiger partial charge in [0.2, 0.25) is 0 Å². The highest BCUT2D eigenvalue weighted by molar-refractivity contribution is 5.77. The number of aromatic hydroxyl groups is 1. The second kappa shape index (κ2) is 5.06. The third-order valence-corrected chi connectivity index (χ3v) is 3.30. The summed E-state index contributed by atoms with van der Waals surface area (Å²) >= 11 is 0. The van der Waals surface area contributed by atoms with Crippen molar-refractivity contribution >= 4 is 11.0 Å². The number of phenolic OH excluding ortho intramolecular Hbond substituents is 1. The summed E-state index contributed by atoms with van der Waals surface area (Å²) in [6.45, 7) is 1.79. The Morgan fingerprint density at radius 2 is 1.86 bits per heavy atom. The minimum absolute atomic E-state index is 0.107. The van der Waals surface area contributed by atoms with Gasteiger partial charge in [0.1, 0.15) is 28.2 Å². The Morgan fingerprint density at radius 3 is 2.52 bits per heavy atom. The van der Waals surface area contributed by atoms with Gasteiger partial charge in [0, 0.05) is 11.6 Å². The number of aryl methyl sites for hydroxylation is 1. The predicted octanol–water partition coefficient (Wildman–Crippen LogP) is 1.94. The van der Waals surface area contributed by atoms with E-state index in [9.17, 15) is 10.2 Å². The van der Waals surface area contributed by atoms with Crippen molar-refractivity contribution in [1.29, 1.82) is 0 Å². The van der Waals surface area contributed by atoms with E-state index in [2.05, 4.69) is 10.2 Å². The first-order chi connectivity index (χ1) is 10.1. The van der Waals surface area contributed by atoms with Gasteiger partial charge in [-0.05, 0) is 30.7 Å². The van der Waals surface area contributed by atoms with Crippen LogP contribution in [-0.2, 0) is 6.61 Å². The van der Waals surface area contributed by atoms with E-state index in [-0.39, 0.29) is 12.4 Å². The van der Waals surface area contributed by atoms with Crippen LogP contribution in [0.3, 0.4) is 0 Å². The largest absolute Gasteiger partial charge is 0.506 e. The number of phenols is 1. The van der Waals surface area contributed by atoms with Gasteiger partial charge in [-0.2, -0.15) is 0 Å². The summed E-state index contributed by atoms with van der Waals surface area (Å²) in [4.78, 5) is 1.38. The molecule has 0 aliphatic carbocycles. The highest BCUT2D eigenvalue weighted by Gasteiger charge is 2.12. The summed E-state index contributed by atoms with van der Waals surface area (Å²) in [7, 11) is 1.54. The molecule has 21 heavy (non-hydrogen) atoms. The number of aliphatic hydroxyl groups excluding tert-OH is 1. The Labute approximate surface area is 121 Å². The van der Waals surface area contributed by atoms with Gasteiger partial charge in [-0.1, -0.05) is 6.07 Å². The van der Waals surface area contributed by atoms with Crippen LogP contribution in [0.25, 0.3) is 16.7 Å². The molecule has 2 aromatic carbocycles. The molecule has 6 nitrogen and oxygen atoms in total. The Balaban J connectivity index is 2.19. The highest BCUT2D eigenvalue weighted by Crippen LogP contribution is 2.26. The maximum Gasteiger partial charge on any atom is 0.143 e. The molecule has 1 heterocycles. The maximum absolute atomic E-state index is 9.95. The van der Waals surface area contributed by atoms with Gasteiger partial charge < -0.3 is 14.9 Å². The molecular weight excluding hydrogens is 270 g/mol. The van der Waals surface area contributed by atoms with Gasteiger partial charge in [-0.25, -0.2) is 0 Å². The predicted molar refractivity (Wildman–Crippen MR) is 77.7 cm³/mol.